The largest absolute Gasteiger partial charge is 0.484 e. The van der Waals surface area contributed by atoms with Crippen LogP contribution in [0.15, 0.2) is 53.6 Å². The van der Waals surface area contributed by atoms with Crippen molar-refractivity contribution in [2.24, 2.45) is 5.10 Å². The monoisotopic (exact) mass is 492 g/mol. The van der Waals surface area contributed by atoms with Crippen LogP contribution in [0.25, 0.3) is 0 Å². The van der Waals surface area contributed by atoms with Gasteiger partial charge in [-0.3, -0.25) is 4.79 Å². The van der Waals surface area contributed by atoms with Gasteiger partial charge in [0, 0.05) is 6.42 Å². The molecule has 0 aromatic heterocycles. The molecule has 12 heteroatoms. The highest BCUT2D eigenvalue weighted by Crippen LogP contribution is 2.54. The highest BCUT2D eigenvalue weighted by molar-refractivity contribution is 6.03. The number of ether oxygens (including phenoxy) is 1. The Hall–Kier alpha value is -3.15. The van der Waals surface area contributed by atoms with Gasteiger partial charge in [0.15, 0.2) is 6.61 Å². The van der Waals surface area contributed by atoms with E-state index in [0.29, 0.717) is 0 Å². The van der Waals surface area contributed by atoms with Gasteiger partial charge in [-0.05, 0) is 42.7 Å². The van der Waals surface area contributed by atoms with E-state index in [1.54, 1.807) is 19.9 Å². The molecule has 0 saturated carbocycles. The summed E-state index contributed by atoms with van der Waals surface area (Å²) in [5.41, 5.74) is -3.32. The van der Waals surface area contributed by atoms with Crippen LogP contribution in [0.4, 0.5) is 30.7 Å². The fourth-order valence-corrected chi connectivity index (χ4v) is 3.50. The third kappa shape index (κ3) is 4.33. The molecule has 1 heterocycles. The zero-order valence-electron chi connectivity index (χ0n) is 17.8. The fourth-order valence-electron chi connectivity index (χ4n) is 3.50. The molecule has 0 fully saturated rings. The number of hydrogen-bond donors (Lipinski definition) is 1. The van der Waals surface area contributed by atoms with Gasteiger partial charge in [-0.1, -0.05) is 36.4 Å². The summed E-state index contributed by atoms with van der Waals surface area (Å²) in [5, 5.41) is 13.6. The summed E-state index contributed by atoms with van der Waals surface area (Å²) in [5.74, 6) is -14.3. The summed E-state index contributed by atoms with van der Waals surface area (Å²) >= 11 is 0. The van der Waals surface area contributed by atoms with Crippen molar-refractivity contribution in [1.82, 2.24) is 5.01 Å². The smallest absolute Gasteiger partial charge is 0.460 e. The second-order valence-electron chi connectivity index (χ2n) is 7.87. The van der Waals surface area contributed by atoms with E-state index in [4.69, 9.17) is 4.74 Å². The Kier molecular flexibility index (Phi) is 6.42. The van der Waals surface area contributed by atoms with Crippen molar-refractivity contribution >= 4 is 11.6 Å². The Morgan fingerprint density at radius 3 is 2.12 bits per heavy atom. The first kappa shape index (κ1) is 25.5. The summed E-state index contributed by atoms with van der Waals surface area (Å²) in [6.07, 6.45) is -8.20. The average molecular weight is 492 g/mol. The first-order valence-electron chi connectivity index (χ1n) is 9.82. The van der Waals surface area contributed by atoms with Crippen LogP contribution >= 0.6 is 0 Å². The Labute approximate surface area is 189 Å². The molecule has 0 aliphatic carbocycles. The van der Waals surface area contributed by atoms with Crippen LogP contribution in [0.5, 0.6) is 5.75 Å². The molecule has 1 aliphatic heterocycles. The van der Waals surface area contributed by atoms with Gasteiger partial charge in [-0.2, -0.15) is 40.8 Å². The van der Waals surface area contributed by atoms with Crippen LogP contribution in [0.3, 0.4) is 0 Å². The number of hydrazone groups is 1. The van der Waals surface area contributed by atoms with E-state index in [9.17, 15) is 40.6 Å². The number of nitrogens with zero attached hydrogens (tertiary/aromatic N) is 2. The van der Waals surface area contributed by atoms with Crippen molar-refractivity contribution in [3.8, 4) is 5.75 Å². The zero-order chi connectivity index (χ0) is 25.5. The third-order valence-electron chi connectivity index (χ3n) is 5.14. The molecule has 2 aromatic rings. The maximum atomic E-state index is 14.7. The Morgan fingerprint density at radius 2 is 1.59 bits per heavy atom. The molecule has 0 bridgehead atoms. The molecule has 1 amide bonds. The molecule has 1 aliphatic rings. The standard InChI is InChI=1S/C22H19F7N2O3/c1-13-8-14(2)10-16(9-13)34-12-18(32)31-19(33,20(23,24)21(25,26)22(27,28)29)11-17(30-31)15-6-4-3-5-7-15/h3-10,33H,11-12H2,1-2H3/t19-/m0/s1. The number of aryl methyl sites for hydroxylation is 2. The molecule has 2 aromatic carbocycles. The molecule has 184 valence electrons. The molecule has 0 radical (unpaired) electrons. The van der Waals surface area contributed by atoms with Crippen LogP contribution in [0, 0.1) is 13.8 Å². The minimum atomic E-state index is -6.72. The molecular formula is C22H19F7N2O3. The van der Waals surface area contributed by atoms with E-state index in [1.165, 1.54) is 42.5 Å². The van der Waals surface area contributed by atoms with E-state index in [0.717, 1.165) is 11.1 Å². The van der Waals surface area contributed by atoms with Crippen molar-refractivity contribution in [1.29, 1.82) is 0 Å². The number of rotatable bonds is 6. The lowest BCUT2D eigenvalue weighted by Crippen LogP contribution is -2.69. The Balaban J connectivity index is 1.99. The quantitative estimate of drug-likeness (QED) is 0.588. The average Bonchev–Trinajstić information content (AvgIpc) is 3.10. The van der Waals surface area contributed by atoms with E-state index >= 15 is 0 Å². The van der Waals surface area contributed by atoms with Crippen molar-refractivity contribution in [2.45, 2.75) is 44.0 Å². The van der Waals surface area contributed by atoms with Gasteiger partial charge < -0.3 is 9.84 Å². The number of carbonyl (C=O) groups is 1. The van der Waals surface area contributed by atoms with Gasteiger partial charge in [0.25, 0.3) is 5.91 Å². The number of halogens is 7. The predicted molar refractivity (Wildman–Crippen MR) is 107 cm³/mol. The Morgan fingerprint density at radius 1 is 1.03 bits per heavy atom. The summed E-state index contributed by atoms with van der Waals surface area (Å²) in [4.78, 5) is 12.7. The van der Waals surface area contributed by atoms with Gasteiger partial charge in [0.2, 0.25) is 5.72 Å². The normalized spacial score (nSPS) is 19.2. The van der Waals surface area contributed by atoms with Crippen LogP contribution < -0.4 is 4.74 Å². The van der Waals surface area contributed by atoms with Gasteiger partial charge in [-0.25, -0.2) is 0 Å². The fraction of sp³-hybridized carbons (Fsp3) is 0.364. The van der Waals surface area contributed by atoms with E-state index < -0.39 is 53.4 Å². The van der Waals surface area contributed by atoms with Gasteiger partial charge in [0.05, 0.1) is 5.71 Å². The number of benzene rings is 2. The van der Waals surface area contributed by atoms with Gasteiger partial charge in [0.1, 0.15) is 5.75 Å². The first-order chi connectivity index (χ1) is 15.6. The topological polar surface area (TPSA) is 62.1 Å². The van der Waals surface area contributed by atoms with Crippen molar-refractivity contribution < 1.29 is 45.4 Å². The van der Waals surface area contributed by atoms with E-state index in [-0.39, 0.29) is 11.3 Å². The molecule has 3 rings (SSSR count). The lowest BCUT2D eigenvalue weighted by Gasteiger charge is -2.41. The van der Waals surface area contributed by atoms with E-state index in [2.05, 4.69) is 5.10 Å². The molecule has 34 heavy (non-hydrogen) atoms. The van der Waals surface area contributed by atoms with Crippen molar-refractivity contribution in [3.63, 3.8) is 0 Å². The van der Waals surface area contributed by atoms with Crippen molar-refractivity contribution in [3.05, 3.63) is 65.2 Å². The Bertz CT molecular complexity index is 1080. The lowest BCUT2D eigenvalue weighted by molar-refractivity contribution is -0.401. The number of amides is 1. The van der Waals surface area contributed by atoms with Crippen LogP contribution in [-0.2, 0) is 4.79 Å². The molecule has 0 unspecified atom stereocenters. The highest BCUT2D eigenvalue weighted by atomic mass is 19.4. The highest BCUT2D eigenvalue weighted by Gasteiger charge is 2.82. The maximum absolute atomic E-state index is 14.7. The van der Waals surface area contributed by atoms with Crippen LogP contribution in [-0.4, -0.2) is 52.1 Å². The molecule has 1 N–H and O–H groups in total. The number of hydrogen-bond acceptors (Lipinski definition) is 4. The second-order valence-corrected chi connectivity index (χ2v) is 7.87. The predicted octanol–water partition coefficient (Wildman–Crippen LogP) is 4.84. The van der Waals surface area contributed by atoms with Gasteiger partial charge >= 0.3 is 18.0 Å². The minimum absolute atomic E-state index is 0.0394. The third-order valence-corrected chi connectivity index (χ3v) is 5.14. The summed E-state index contributed by atoms with van der Waals surface area (Å²) in [6.45, 7) is 2.35. The molecule has 1 atom stereocenters. The molecular weight excluding hydrogens is 473 g/mol. The number of aliphatic hydroxyl groups is 1. The summed E-state index contributed by atoms with van der Waals surface area (Å²) < 4.78 is 101. The summed E-state index contributed by atoms with van der Waals surface area (Å²) in [7, 11) is 0. The first-order valence-corrected chi connectivity index (χ1v) is 9.82. The SMILES string of the molecule is Cc1cc(C)cc(OCC(=O)N2N=C(c3ccccc3)C[C@]2(O)C(F)(F)C(F)(F)C(F)(F)F)c1. The van der Waals surface area contributed by atoms with Gasteiger partial charge in [-0.15, -0.1) is 0 Å². The number of carbonyl (C=O) groups excluding carboxylic acids is 1. The number of alkyl halides is 7. The lowest BCUT2D eigenvalue weighted by atomic mass is 9.91. The van der Waals surface area contributed by atoms with Crippen LogP contribution in [0.1, 0.15) is 23.1 Å². The minimum Gasteiger partial charge on any atom is -0.484 e. The maximum Gasteiger partial charge on any atom is 0.460 e. The molecule has 5 nitrogen and oxygen atoms in total. The molecule has 0 saturated heterocycles. The van der Waals surface area contributed by atoms with Crippen LogP contribution in [0.2, 0.25) is 0 Å². The molecule has 0 spiro atoms. The zero-order valence-corrected chi connectivity index (χ0v) is 17.8. The summed E-state index contributed by atoms with van der Waals surface area (Å²) in [6, 6.07) is 11.7. The second kappa shape index (κ2) is 8.57. The van der Waals surface area contributed by atoms with Crippen molar-refractivity contribution in [2.75, 3.05) is 6.61 Å². The van der Waals surface area contributed by atoms with E-state index in [1.807, 2.05) is 0 Å².